The summed E-state index contributed by atoms with van der Waals surface area (Å²) in [7, 11) is 5.39. The van der Waals surface area contributed by atoms with Crippen LogP contribution in [0.1, 0.15) is 101 Å². The van der Waals surface area contributed by atoms with E-state index in [0.29, 0.717) is 25.2 Å². The molecule has 0 radical (unpaired) electrons. The Morgan fingerprint density at radius 2 is 1.64 bits per heavy atom. The number of ether oxygens (including phenoxy) is 7. The third-order valence-electron chi connectivity index (χ3n) is 11.7. The summed E-state index contributed by atoms with van der Waals surface area (Å²) in [6, 6.07) is -0.534. The number of nitrogens with zero attached hydrogens (tertiary/aromatic N) is 2. The molecule has 50 heavy (non-hydrogen) atoms. The second-order valence-corrected chi connectivity index (χ2v) is 16.5. The number of aliphatic hydroxyl groups is 3. The second-order valence-electron chi connectivity index (χ2n) is 16.5. The van der Waals surface area contributed by atoms with Crippen molar-refractivity contribution >= 4 is 11.9 Å². The molecule has 4 heterocycles. The van der Waals surface area contributed by atoms with E-state index in [1.807, 2.05) is 60.5 Å². The molecule has 0 aromatic rings. The van der Waals surface area contributed by atoms with E-state index in [-0.39, 0.29) is 36.9 Å². The van der Waals surface area contributed by atoms with Crippen molar-refractivity contribution in [2.75, 3.05) is 21.2 Å². The number of esters is 1. The van der Waals surface area contributed by atoms with Gasteiger partial charge in [-0.1, -0.05) is 20.8 Å². The van der Waals surface area contributed by atoms with Gasteiger partial charge in [-0.05, 0) is 75.4 Å². The lowest BCUT2D eigenvalue weighted by Crippen LogP contribution is -2.60. The van der Waals surface area contributed by atoms with Gasteiger partial charge in [-0.2, -0.15) is 0 Å². The Kier molecular flexibility index (Phi) is 13.1. The molecule has 4 aliphatic heterocycles. The fraction of sp³-hybridized carbons (Fsp3) is 0.946. The zero-order chi connectivity index (χ0) is 37.5. The Balaban J connectivity index is 1.83. The van der Waals surface area contributed by atoms with Crippen LogP contribution in [-0.4, -0.2) is 137 Å². The van der Waals surface area contributed by atoms with Crippen molar-refractivity contribution in [3.8, 4) is 0 Å². The van der Waals surface area contributed by atoms with Crippen molar-refractivity contribution in [2.24, 2.45) is 22.7 Å². The number of hydrogen-bond acceptors (Lipinski definition) is 13. The topological polar surface area (TPSA) is 158 Å². The van der Waals surface area contributed by atoms with Gasteiger partial charge in [-0.15, -0.1) is 0 Å². The van der Waals surface area contributed by atoms with Crippen LogP contribution in [0, 0.1) is 17.8 Å². The summed E-state index contributed by atoms with van der Waals surface area (Å²) in [5.74, 6) is -1.49. The molecule has 4 rings (SSSR count). The molecule has 0 spiro atoms. The van der Waals surface area contributed by atoms with Crippen LogP contribution in [0.4, 0.5) is 0 Å². The lowest BCUT2D eigenvalue weighted by molar-refractivity contribution is -0.315. The van der Waals surface area contributed by atoms with Gasteiger partial charge in [0.2, 0.25) is 0 Å². The Hall–Kier alpha value is -1.42. The second kappa shape index (κ2) is 15.9. The lowest BCUT2D eigenvalue weighted by Gasteiger charge is -2.48. The molecule has 290 valence electrons. The zero-order valence-electron chi connectivity index (χ0n) is 32.6. The first-order valence-corrected chi connectivity index (χ1v) is 18.5. The van der Waals surface area contributed by atoms with Crippen molar-refractivity contribution in [3.05, 3.63) is 0 Å². The molecule has 3 fully saturated rings. The fourth-order valence-electron chi connectivity index (χ4n) is 8.69. The monoisotopic (exact) mass is 714 g/mol. The van der Waals surface area contributed by atoms with Gasteiger partial charge in [0.05, 0.1) is 35.9 Å². The van der Waals surface area contributed by atoms with E-state index in [2.05, 4.69) is 6.92 Å². The average Bonchev–Trinajstić information content (AvgIpc) is 3.31. The summed E-state index contributed by atoms with van der Waals surface area (Å²) in [4.78, 5) is 21.0. The third-order valence-corrected chi connectivity index (χ3v) is 11.7. The van der Waals surface area contributed by atoms with E-state index < -0.39 is 83.8 Å². The summed E-state index contributed by atoms with van der Waals surface area (Å²) >= 11 is 0. The maximum atomic E-state index is 14.1. The maximum absolute atomic E-state index is 14.1. The number of methoxy groups -OCH3 is 1. The highest BCUT2D eigenvalue weighted by Gasteiger charge is 2.55. The smallest absolute Gasteiger partial charge is 0.311 e. The minimum atomic E-state index is -1.36. The number of carbonyl (C=O) groups is 1. The Morgan fingerprint density at radius 3 is 2.24 bits per heavy atom. The van der Waals surface area contributed by atoms with Crippen LogP contribution in [0.3, 0.4) is 0 Å². The molecule has 3 saturated heterocycles. The van der Waals surface area contributed by atoms with Gasteiger partial charge in [0.1, 0.15) is 35.6 Å². The van der Waals surface area contributed by atoms with Gasteiger partial charge in [0, 0.05) is 44.2 Å². The number of likely N-dealkylation sites (N-methyl/N-ethyl adjacent to an activating group) is 1. The highest BCUT2D eigenvalue weighted by atomic mass is 16.7. The first kappa shape index (κ1) is 41.3. The van der Waals surface area contributed by atoms with Crippen LogP contribution in [-0.2, 0) is 38.0 Å². The van der Waals surface area contributed by atoms with Gasteiger partial charge in [-0.25, -0.2) is 0 Å². The van der Waals surface area contributed by atoms with E-state index in [0.717, 1.165) is 0 Å². The molecule has 0 amide bonds. The van der Waals surface area contributed by atoms with E-state index in [9.17, 15) is 20.1 Å². The minimum absolute atomic E-state index is 0.0791. The van der Waals surface area contributed by atoms with Crippen LogP contribution in [0.2, 0.25) is 0 Å². The Bertz CT molecular complexity index is 1190. The average molecular weight is 715 g/mol. The highest BCUT2D eigenvalue weighted by Crippen LogP contribution is 2.44. The van der Waals surface area contributed by atoms with E-state index >= 15 is 0 Å². The van der Waals surface area contributed by atoms with Crippen molar-refractivity contribution in [1.82, 2.24) is 4.90 Å². The summed E-state index contributed by atoms with van der Waals surface area (Å²) in [5, 5.41) is 34.1. The first-order chi connectivity index (χ1) is 23.2. The fourth-order valence-corrected chi connectivity index (χ4v) is 8.69. The molecular formula is C37H66N2O11. The molecule has 2 bridgehead atoms. The van der Waals surface area contributed by atoms with E-state index in [4.69, 9.17) is 38.2 Å². The number of carbonyl (C=O) groups excluding carboxylic acids is 1. The van der Waals surface area contributed by atoms with Crippen molar-refractivity contribution in [1.29, 1.82) is 0 Å². The van der Waals surface area contributed by atoms with Crippen LogP contribution >= 0.6 is 0 Å². The number of cyclic esters (lactones) is 1. The van der Waals surface area contributed by atoms with Crippen LogP contribution < -0.4 is 0 Å². The molecule has 1 unspecified atom stereocenters. The summed E-state index contributed by atoms with van der Waals surface area (Å²) < 4.78 is 44.8. The standard InChI is InChI=1S/C37H66N2O11/c1-14-26-35(8,43)17-20(3)38-32-19(2)16-37(10,50-32)31(49-34-28(40)25(39(11)12)15-21(4)45-34)22(5)29(23(6)33(42)47-26)48-27-18-36(9,44-13)30(41)24(7)46-27/h19-31,34,40-41,43H,14-18H2,1-13H3/t19-,20?,21-,22+,23-,24+,25+,26-,27+,28-,29+,30+,31-,34+,35+,36-,37+/m1/s1. The quantitative estimate of drug-likeness (QED) is 0.331. The van der Waals surface area contributed by atoms with Crippen molar-refractivity contribution < 1.29 is 53.3 Å². The molecule has 4 aliphatic rings. The molecule has 13 heteroatoms. The molecule has 17 atom stereocenters. The lowest BCUT2D eigenvalue weighted by atomic mass is 9.79. The number of hydrogen-bond donors (Lipinski definition) is 3. The van der Waals surface area contributed by atoms with Crippen LogP contribution in [0.25, 0.3) is 0 Å². The van der Waals surface area contributed by atoms with Crippen LogP contribution in [0.5, 0.6) is 0 Å². The van der Waals surface area contributed by atoms with Gasteiger partial charge in [0.25, 0.3) is 0 Å². The van der Waals surface area contributed by atoms with Gasteiger partial charge in [-0.3, -0.25) is 9.79 Å². The normalized spacial score (nSPS) is 49.5. The first-order valence-electron chi connectivity index (χ1n) is 18.5. The number of aliphatic imine (C=N–C) groups is 1. The van der Waals surface area contributed by atoms with E-state index in [1.54, 1.807) is 27.9 Å². The molecule has 0 saturated carbocycles. The van der Waals surface area contributed by atoms with Gasteiger partial charge in [0.15, 0.2) is 18.5 Å². The van der Waals surface area contributed by atoms with E-state index in [1.165, 1.54) is 0 Å². The maximum Gasteiger partial charge on any atom is 0.311 e. The molecule has 0 aromatic heterocycles. The Morgan fingerprint density at radius 1 is 0.980 bits per heavy atom. The molecule has 0 aromatic carbocycles. The summed E-state index contributed by atoms with van der Waals surface area (Å²) in [6.07, 6.45) is -4.94. The SMILES string of the molecule is CC[C@H]1OC(=O)[C@H](C)[C@@H](O[C@H]2C[C@@](C)(OC)[C@@H](O)[C@H](C)O2)[C@H](C)[C@@H](O[C@@H]2O[C@H](C)C[C@H](N(C)C)[C@H]2O)[C@]2(C)C[C@@H](C)C(=NC(C)C[C@]1(C)O)O2. The summed E-state index contributed by atoms with van der Waals surface area (Å²) in [6.45, 7) is 18.7. The van der Waals surface area contributed by atoms with Gasteiger partial charge >= 0.3 is 5.97 Å². The molecule has 13 nitrogen and oxygen atoms in total. The highest BCUT2D eigenvalue weighted by molar-refractivity contribution is 5.81. The largest absolute Gasteiger partial charge is 0.472 e. The predicted octanol–water partition coefficient (Wildman–Crippen LogP) is 3.43. The number of aliphatic hydroxyl groups excluding tert-OH is 2. The molecular weight excluding hydrogens is 648 g/mol. The number of rotatable bonds is 7. The predicted molar refractivity (Wildman–Crippen MR) is 186 cm³/mol. The van der Waals surface area contributed by atoms with Crippen LogP contribution in [0.15, 0.2) is 4.99 Å². The molecule has 0 aliphatic carbocycles. The minimum Gasteiger partial charge on any atom is -0.472 e. The van der Waals surface area contributed by atoms with Crippen molar-refractivity contribution in [2.45, 2.75) is 186 Å². The summed E-state index contributed by atoms with van der Waals surface area (Å²) in [5.41, 5.74) is -3.30. The van der Waals surface area contributed by atoms with Crippen molar-refractivity contribution in [3.63, 3.8) is 0 Å². The molecule has 3 N–H and O–H groups in total. The Labute approximate surface area is 299 Å². The van der Waals surface area contributed by atoms with Gasteiger partial charge < -0.3 is 53.4 Å². The zero-order valence-corrected chi connectivity index (χ0v) is 32.6. The number of fused-ring (bicyclic) bond motifs is 2. The third kappa shape index (κ3) is 8.68.